The molecule has 0 heterocycles. The van der Waals surface area contributed by atoms with Crippen LogP contribution in [0.5, 0.6) is 0 Å². The van der Waals surface area contributed by atoms with Crippen LogP contribution in [0.1, 0.15) is 46.0 Å². The van der Waals surface area contributed by atoms with Gasteiger partial charge in [-0.25, -0.2) is 0 Å². The summed E-state index contributed by atoms with van der Waals surface area (Å²) in [5.74, 6) is 9.71. The van der Waals surface area contributed by atoms with Crippen LogP contribution < -0.4 is 0 Å². The molecule has 0 aromatic carbocycles. The Labute approximate surface area is 110 Å². The molecule has 7 fully saturated rings. The van der Waals surface area contributed by atoms with Crippen molar-refractivity contribution >= 4 is 0 Å². The molecular weight excluding hydrogens is 216 g/mol. The zero-order valence-electron chi connectivity index (χ0n) is 11.7. The normalized spacial score (nSPS) is 86.3. The van der Waals surface area contributed by atoms with E-state index in [4.69, 9.17) is 0 Å². The Bertz CT molecular complexity index is 522. The number of hydrogen-bond donors (Lipinski definition) is 0. The lowest BCUT2D eigenvalue weighted by atomic mass is 9.27. The van der Waals surface area contributed by atoms with Crippen LogP contribution in [0.25, 0.3) is 0 Å². The highest BCUT2D eigenvalue weighted by molar-refractivity contribution is 5.48. The zero-order valence-corrected chi connectivity index (χ0v) is 11.7. The smallest absolute Gasteiger partial charge is 0.0168 e. The van der Waals surface area contributed by atoms with E-state index in [2.05, 4.69) is 13.8 Å². The Hall–Kier alpha value is 0. The fourth-order valence-electron chi connectivity index (χ4n) is 10.0. The predicted octanol–water partition coefficient (Wildman–Crippen LogP) is 3.96. The van der Waals surface area contributed by atoms with Gasteiger partial charge in [0.25, 0.3) is 0 Å². The van der Waals surface area contributed by atoms with Crippen LogP contribution in [0.2, 0.25) is 0 Å². The van der Waals surface area contributed by atoms with Gasteiger partial charge in [0.2, 0.25) is 0 Å². The molecule has 0 heteroatoms. The van der Waals surface area contributed by atoms with E-state index in [9.17, 15) is 0 Å². The topological polar surface area (TPSA) is 0 Å². The van der Waals surface area contributed by atoms with Crippen molar-refractivity contribution in [1.29, 1.82) is 0 Å². The van der Waals surface area contributed by atoms with E-state index >= 15 is 0 Å². The number of hydrogen-bond acceptors (Lipinski definition) is 0. The molecule has 7 saturated carbocycles. The third-order valence-electron chi connectivity index (χ3n) is 10.1. The lowest BCUT2D eigenvalue weighted by Gasteiger charge is -2.76. The molecule has 2 bridgehead atoms. The fraction of sp³-hybridized carbons (Fsp3) is 1.00. The third-order valence-corrected chi connectivity index (χ3v) is 10.1. The van der Waals surface area contributed by atoms with Crippen molar-refractivity contribution in [3.63, 3.8) is 0 Å². The lowest BCUT2D eigenvalue weighted by Crippen LogP contribution is -2.71. The summed E-state index contributed by atoms with van der Waals surface area (Å²) in [5.41, 5.74) is 2.84. The Morgan fingerprint density at radius 1 is 1.11 bits per heavy atom. The molecule has 7 rings (SSSR count). The quantitative estimate of drug-likeness (QED) is 0.651. The second-order valence-electron chi connectivity index (χ2n) is 9.56. The first-order chi connectivity index (χ1) is 8.72. The lowest BCUT2D eigenvalue weighted by molar-refractivity contribution is -0.291. The number of rotatable bonds is 1. The molecule has 7 aliphatic rings. The summed E-state index contributed by atoms with van der Waals surface area (Å²) in [4.78, 5) is 0. The van der Waals surface area contributed by atoms with Crippen LogP contribution in [-0.4, -0.2) is 0 Å². The molecular formula is C18H24. The second-order valence-corrected chi connectivity index (χ2v) is 9.56. The van der Waals surface area contributed by atoms with Gasteiger partial charge in [0.05, 0.1) is 0 Å². The van der Waals surface area contributed by atoms with Crippen molar-refractivity contribution in [3.05, 3.63) is 0 Å². The van der Waals surface area contributed by atoms with Gasteiger partial charge in [-0.1, -0.05) is 20.3 Å². The molecule has 0 amide bonds. The average molecular weight is 240 g/mol. The van der Waals surface area contributed by atoms with Gasteiger partial charge in [0.15, 0.2) is 0 Å². The minimum atomic E-state index is 0.921. The fourth-order valence-corrected chi connectivity index (χ4v) is 10.0. The summed E-state index contributed by atoms with van der Waals surface area (Å²) in [5, 5.41) is 0. The molecule has 18 heavy (non-hydrogen) atoms. The first kappa shape index (κ1) is 9.03. The summed E-state index contributed by atoms with van der Waals surface area (Å²) >= 11 is 0. The van der Waals surface area contributed by atoms with Crippen molar-refractivity contribution < 1.29 is 0 Å². The largest absolute Gasteiger partial charge is 0.0651 e. The van der Waals surface area contributed by atoms with E-state index < -0.39 is 0 Å². The minimum Gasteiger partial charge on any atom is -0.0651 e. The average Bonchev–Trinajstić information content (AvgIpc) is 3.16. The Morgan fingerprint density at radius 2 is 2.00 bits per heavy atom. The molecule has 0 saturated heterocycles. The second kappa shape index (κ2) is 1.97. The SMILES string of the molecule is CCC1CC23CC2[C@H]2C4C5CC5[C@@H](C)C5C42CC153. The van der Waals surface area contributed by atoms with Gasteiger partial charge in [-0.2, -0.15) is 0 Å². The molecule has 9 unspecified atom stereocenters. The van der Waals surface area contributed by atoms with Gasteiger partial charge in [0.1, 0.15) is 0 Å². The van der Waals surface area contributed by atoms with Crippen molar-refractivity contribution in [2.45, 2.75) is 46.0 Å². The van der Waals surface area contributed by atoms with Crippen LogP contribution >= 0.6 is 0 Å². The summed E-state index contributed by atoms with van der Waals surface area (Å²) < 4.78 is 0. The van der Waals surface area contributed by atoms with Gasteiger partial charge >= 0.3 is 0 Å². The predicted molar refractivity (Wildman–Crippen MR) is 69.7 cm³/mol. The molecule has 7 aliphatic carbocycles. The highest BCUT2D eigenvalue weighted by Gasteiger charge is 3.01. The summed E-state index contributed by atoms with van der Waals surface area (Å²) in [6.45, 7) is 5.16. The highest BCUT2D eigenvalue weighted by atomic mass is 15.0. The van der Waals surface area contributed by atoms with Crippen LogP contribution in [0, 0.1) is 63.6 Å². The van der Waals surface area contributed by atoms with Gasteiger partial charge in [-0.15, -0.1) is 0 Å². The molecule has 0 nitrogen and oxygen atoms in total. The maximum atomic E-state index is 2.67. The van der Waals surface area contributed by atoms with E-state index in [1.165, 1.54) is 41.9 Å². The highest BCUT2D eigenvalue weighted by Crippen LogP contribution is 3.06. The van der Waals surface area contributed by atoms with Gasteiger partial charge in [-0.3, -0.25) is 0 Å². The Morgan fingerprint density at radius 3 is 2.83 bits per heavy atom. The third kappa shape index (κ3) is 0.498. The maximum absolute atomic E-state index is 2.67. The standard InChI is InChI=1S/C18H24/c1-3-9-5-16-6-12(16)14-13-11-4-10(11)8(2)15-17(13,14)7-18(9,15)16/h8-15H,3-7H2,1-2H3/t8-,9?,10?,11?,12?,13?,14+,15?,16?,17?,18?/m1/s1. The van der Waals surface area contributed by atoms with Gasteiger partial charge in [0, 0.05) is 0 Å². The van der Waals surface area contributed by atoms with E-state index in [1.54, 1.807) is 25.7 Å². The summed E-state index contributed by atoms with van der Waals surface area (Å²) in [6.07, 6.45) is 8.21. The molecule has 0 N–H and O–H groups in total. The van der Waals surface area contributed by atoms with Crippen molar-refractivity contribution in [2.75, 3.05) is 0 Å². The van der Waals surface area contributed by atoms with E-state index in [0.717, 1.165) is 28.1 Å². The molecule has 3 spiro atoms. The Kier molecular flexibility index (Phi) is 0.988. The first-order valence-corrected chi connectivity index (χ1v) is 8.72. The molecule has 0 radical (unpaired) electrons. The summed E-state index contributed by atoms with van der Waals surface area (Å²) in [7, 11) is 0. The van der Waals surface area contributed by atoms with Gasteiger partial charge < -0.3 is 0 Å². The molecule has 96 valence electrons. The minimum absolute atomic E-state index is 0.921. The molecule has 0 aromatic heterocycles. The molecule has 11 atom stereocenters. The van der Waals surface area contributed by atoms with Crippen molar-refractivity contribution in [2.24, 2.45) is 63.6 Å². The van der Waals surface area contributed by atoms with E-state index in [1.807, 2.05) is 0 Å². The number of fused-ring (bicyclic) bond motifs is 4. The van der Waals surface area contributed by atoms with Crippen LogP contribution in [0.4, 0.5) is 0 Å². The van der Waals surface area contributed by atoms with Crippen LogP contribution in [0.15, 0.2) is 0 Å². The maximum Gasteiger partial charge on any atom is -0.0168 e. The molecule has 0 aliphatic heterocycles. The zero-order chi connectivity index (χ0) is 11.7. The monoisotopic (exact) mass is 240 g/mol. The van der Waals surface area contributed by atoms with E-state index in [-0.39, 0.29) is 0 Å². The van der Waals surface area contributed by atoms with Gasteiger partial charge in [-0.05, 0) is 89.3 Å². The van der Waals surface area contributed by atoms with E-state index in [0.29, 0.717) is 0 Å². The van der Waals surface area contributed by atoms with Crippen LogP contribution in [0.3, 0.4) is 0 Å². The van der Waals surface area contributed by atoms with Crippen molar-refractivity contribution in [1.82, 2.24) is 0 Å². The molecule has 0 aromatic rings. The summed E-state index contributed by atoms with van der Waals surface area (Å²) in [6, 6.07) is 0. The van der Waals surface area contributed by atoms with Crippen molar-refractivity contribution in [3.8, 4) is 0 Å². The van der Waals surface area contributed by atoms with Crippen LogP contribution in [-0.2, 0) is 0 Å². The first-order valence-electron chi connectivity index (χ1n) is 8.72. The Balaban J connectivity index is 1.48.